The SMILES string of the molecule is CCCc1c(N)ncnc1Sc1nnc(C)o1. The maximum absolute atomic E-state index is 5.84. The van der Waals surface area contributed by atoms with Crippen molar-refractivity contribution in [3.05, 3.63) is 17.8 Å². The van der Waals surface area contributed by atoms with E-state index in [9.17, 15) is 0 Å². The summed E-state index contributed by atoms with van der Waals surface area (Å²) < 4.78 is 5.30. The summed E-state index contributed by atoms with van der Waals surface area (Å²) in [5.74, 6) is 1.05. The molecule has 0 unspecified atom stereocenters. The van der Waals surface area contributed by atoms with Crippen molar-refractivity contribution in [2.45, 2.75) is 36.9 Å². The number of aryl methyl sites for hydroxylation is 1. The van der Waals surface area contributed by atoms with E-state index in [1.54, 1.807) is 6.92 Å². The van der Waals surface area contributed by atoms with Crippen molar-refractivity contribution in [3.63, 3.8) is 0 Å². The highest BCUT2D eigenvalue weighted by Crippen LogP contribution is 2.29. The molecule has 0 aromatic carbocycles. The van der Waals surface area contributed by atoms with Crippen LogP contribution in [0.15, 0.2) is 21.0 Å². The van der Waals surface area contributed by atoms with Gasteiger partial charge in [0.1, 0.15) is 17.2 Å². The largest absolute Gasteiger partial charge is 0.416 e. The van der Waals surface area contributed by atoms with Gasteiger partial charge in [0.25, 0.3) is 5.22 Å². The van der Waals surface area contributed by atoms with E-state index < -0.39 is 0 Å². The molecule has 2 aromatic heterocycles. The second-order valence-electron chi connectivity index (χ2n) is 3.48. The second-order valence-corrected chi connectivity index (χ2v) is 4.42. The highest BCUT2D eigenvalue weighted by Gasteiger charge is 2.13. The monoisotopic (exact) mass is 251 g/mol. The van der Waals surface area contributed by atoms with E-state index in [2.05, 4.69) is 27.1 Å². The van der Waals surface area contributed by atoms with Crippen LogP contribution < -0.4 is 5.73 Å². The first-order valence-electron chi connectivity index (χ1n) is 5.28. The quantitative estimate of drug-likeness (QED) is 0.829. The number of rotatable bonds is 4. The van der Waals surface area contributed by atoms with E-state index in [-0.39, 0.29) is 0 Å². The molecule has 0 bridgehead atoms. The molecular formula is C10H13N5OS. The summed E-state index contributed by atoms with van der Waals surface area (Å²) in [5.41, 5.74) is 6.78. The van der Waals surface area contributed by atoms with Gasteiger partial charge in [-0.3, -0.25) is 0 Å². The molecule has 2 N–H and O–H groups in total. The molecule has 90 valence electrons. The third kappa shape index (κ3) is 2.73. The first kappa shape index (κ1) is 11.8. The maximum Gasteiger partial charge on any atom is 0.282 e. The minimum atomic E-state index is 0.470. The first-order chi connectivity index (χ1) is 8.20. The van der Waals surface area contributed by atoms with Crippen LogP contribution in [0.5, 0.6) is 0 Å². The topological polar surface area (TPSA) is 90.7 Å². The molecule has 0 atom stereocenters. The second kappa shape index (κ2) is 5.13. The molecule has 2 aromatic rings. The van der Waals surface area contributed by atoms with E-state index >= 15 is 0 Å². The van der Waals surface area contributed by atoms with Gasteiger partial charge in [0.15, 0.2) is 0 Å². The van der Waals surface area contributed by atoms with E-state index in [0.29, 0.717) is 16.9 Å². The van der Waals surface area contributed by atoms with Crippen molar-refractivity contribution < 1.29 is 4.42 Å². The van der Waals surface area contributed by atoms with Gasteiger partial charge in [-0.1, -0.05) is 13.3 Å². The van der Waals surface area contributed by atoms with E-state index in [4.69, 9.17) is 10.2 Å². The van der Waals surface area contributed by atoms with Crippen molar-refractivity contribution in [2.24, 2.45) is 0 Å². The summed E-state index contributed by atoms with van der Waals surface area (Å²) in [7, 11) is 0. The van der Waals surface area contributed by atoms with Crippen molar-refractivity contribution in [1.29, 1.82) is 0 Å². The normalized spacial score (nSPS) is 10.7. The van der Waals surface area contributed by atoms with E-state index in [1.165, 1.54) is 18.1 Å². The van der Waals surface area contributed by atoms with Gasteiger partial charge in [-0.15, -0.1) is 10.2 Å². The zero-order chi connectivity index (χ0) is 12.3. The van der Waals surface area contributed by atoms with Crippen LogP contribution in [0.25, 0.3) is 0 Å². The Bertz CT molecular complexity index is 513. The third-order valence-corrected chi connectivity index (χ3v) is 3.02. The molecule has 2 heterocycles. The fourth-order valence-electron chi connectivity index (χ4n) is 1.38. The minimum absolute atomic E-state index is 0.470. The Morgan fingerprint density at radius 3 is 2.82 bits per heavy atom. The van der Waals surface area contributed by atoms with Gasteiger partial charge >= 0.3 is 0 Å². The van der Waals surface area contributed by atoms with Crippen LogP contribution in [0, 0.1) is 6.92 Å². The van der Waals surface area contributed by atoms with Crippen LogP contribution in [0.3, 0.4) is 0 Å². The molecule has 7 heteroatoms. The van der Waals surface area contributed by atoms with Crippen molar-refractivity contribution in [1.82, 2.24) is 20.2 Å². The smallest absolute Gasteiger partial charge is 0.282 e. The highest BCUT2D eigenvalue weighted by atomic mass is 32.2. The predicted molar refractivity (Wildman–Crippen MR) is 63.6 cm³/mol. The number of hydrogen-bond donors (Lipinski definition) is 1. The number of aromatic nitrogens is 4. The lowest BCUT2D eigenvalue weighted by molar-refractivity contribution is 0.429. The molecule has 0 aliphatic heterocycles. The number of hydrogen-bond acceptors (Lipinski definition) is 7. The Hall–Kier alpha value is -1.63. The lowest BCUT2D eigenvalue weighted by atomic mass is 10.2. The lowest BCUT2D eigenvalue weighted by Gasteiger charge is -2.06. The summed E-state index contributed by atoms with van der Waals surface area (Å²) in [6.45, 7) is 3.83. The van der Waals surface area contributed by atoms with Gasteiger partial charge in [-0.05, 0) is 18.2 Å². The Labute approximate surface area is 103 Å². The Balaban J connectivity index is 2.28. The average molecular weight is 251 g/mol. The van der Waals surface area contributed by atoms with Crippen molar-refractivity contribution in [3.8, 4) is 0 Å². The van der Waals surface area contributed by atoms with Crippen molar-refractivity contribution >= 4 is 17.6 Å². The average Bonchev–Trinajstić information content (AvgIpc) is 2.69. The van der Waals surface area contributed by atoms with Crippen LogP contribution in [0.2, 0.25) is 0 Å². The molecule has 0 aliphatic rings. The van der Waals surface area contributed by atoms with Crippen LogP contribution in [-0.4, -0.2) is 20.2 Å². The molecule has 0 amide bonds. The van der Waals surface area contributed by atoms with Crippen molar-refractivity contribution in [2.75, 3.05) is 5.73 Å². The standard InChI is InChI=1S/C10H13N5OS/c1-3-4-7-8(11)12-5-13-9(7)17-10-15-14-6(2)16-10/h5H,3-4H2,1-2H3,(H2,11,12,13). The van der Waals surface area contributed by atoms with E-state index in [0.717, 1.165) is 23.4 Å². The maximum atomic E-state index is 5.84. The fourth-order valence-corrected chi connectivity index (χ4v) is 2.22. The van der Waals surface area contributed by atoms with Gasteiger partial charge in [0, 0.05) is 12.5 Å². The van der Waals surface area contributed by atoms with Gasteiger partial charge < -0.3 is 10.2 Å². The van der Waals surface area contributed by atoms with Gasteiger partial charge in [-0.2, -0.15) is 0 Å². The zero-order valence-electron chi connectivity index (χ0n) is 9.67. The summed E-state index contributed by atoms with van der Waals surface area (Å²) in [6.07, 6.45) is 3.26. The molecule has 0 fully saturated rings. The first-order valence-corrected chi connectivity index (χ1v) is 6.09. The molecule has 0 saturated carbocycles. The highest BCUT2D eigenvalue weighted by molar-refractivity contribution is 7.99. The molecule has 2 rings (SSSR count). The summed E-state index contributed by atoms with van der Waals surface area (Å²) >= 11 is 1.32. The van der Waals surface area contributed by atoms with Gasteiger partial charge in [0.05, 0.1) is 0 Å². The lowest BCUT2D eigenvalue weighted by Crippen LogP contribution is -2.01. The van der Waals surface area contributed by atoms with Crippen LogP contribution in [-0.2, 0) is 6.42 Å². The van der Waals surface area contributed by atoms with E-state index in [1.807, 2.05) is 0 Å². The molecular weight excluding hydrogens is 238 g/mol. The van der Waals surface area contributed by atoms with Crippen LogP contribution in [0.4, 0.5) is 5.82 Å². The summed E-state index contributed by atoms with van der Waals surface area (Å²) in [6, 6.07) is 0. The Morgan fingerprint density at radius 1 is 1.35 bits per heavy atom. The number of nitrogen functional groups attached to an aromatic ring is 1. The van der Waals surface area contributed by atoms with Crippen LogP contribution in [0.1, 0.15) is 24.8 Å². The summed E-state index contributed by atoms with van der Waals surface area (Å²) in [5, 5.41) is 8.94. The summed E-state index contributed by atoms with van der Waals surface area (Å²) in [4.78, 5) is 8.20. The molecule has 0 saturated heterocycles. The molecule has 0 radical (unpaired) electrons. The Morgan fingerprint density at radius 2 is 2.18 bits per heavy atom. The number of nitrogens with two attached hydrogens (primary N) is 1. The third-order valence-electron chi connectivity index (χ3n) is 2.13. The molecule has 0 spiro atoms. The fraction of sp³-hybridized carbons (Fsp3) is 0.400. The molecule has 17 heavy (non-hydrogen) atoms. The van der Waals surface area contributed by atoms with Crippen LogP contribution >= 0.6 is 11.8 Å². The predicted octanol–water partition coefficient (Wildman–Crippen LogP) is 1.85. The van der Waals surface area contributed by atoms with Gasteiger partial charge in [-0.25, -0.2) is 9.97 Å². The zero-order valence-corrected chi connectivity index (χ0v) is 10.5. The number of anilines is 1. The number of nitrogens with zero attached hydrogens (tertiary/aromatic N) is 4. The Kier molecular flexibility index (Phi) is 3.58. The van der Waals surface area contributed by atoms with Gasteiger partial charge in [0.2, 0.25) is 5.89 Å². The minimum Gasteiger partial charge on any atom is -0.416 e. The molecule has 0 aliphatic carbocycles. The molecule has 6 nitrogen and oxygen atoms in total.